The molecule has 0 spiro atoms. The molecule has 118 valence electrons. The van der Waals surface area contributed by atoms with Crippen molar-refractivity contribution in [3.8, 4) is 5.69 Å². The van der Waals surface area contributed by atoms with Crippen LogP contribution in [0.25, 0.3) is 5.69 Å². The highest BCUT2D eigenvalue weighted by Crippen LogP contribution is 2.14. The van der Waals surface area contributed by atoms with Gasteiger partial charge in [-0.05, 0) is 40.2 Å². The Labute approximate surface area is 142 Å². The summed E-state index contributed by atoms with van der Waals surface area (Å²) in [4.78, 5) is 14.2. The van der Waals surface area contributed by atoms with Gasteiger partial charge in [0.15, 0.2) is 0 Å². The Morgan fingerprint density at radius 3 is 2.48 bits per heavy atom. The van der Waals surface area contributed by atoms with Crippen molar-refractivity contribution in [3.05, 3.63) is 64.7 Å². The molecule has 3 rings (SSSR count). The van der Waals surface area contributed by atoms with Crippen LogP contribution in [0.2, 0.25) is 0 Å². The molecule has 6 nitrogen and oxygen atoms in total. The van der Waals surface area contributed by atoms with E-state index < -0.39 is 0 Å². The van der Waals surface area contributed by atoms with Gasteiger partial charge >= 0.3 is 0 Å². The molecule has 0 aliphatic rings. The van der Waals surface area contributed by atoms with Crippen LogP contribution in [0.1, 0.15) is 15.9 Å². The number of aryl methyl sites for hydroxylation is 1. The molecule has 0 atom stereocenters. The lowest BCUT2D eigenvalue weighted by atomic mass is 10.1. The summed E-state index contributed by atoms with van der Waals surface area (Å²) in [6.07, 6.45) is 7.26. The fourth-order valence-electron chi connectivity index (χ4n) is 2.32. The summed E-state index contributed by atoms with van der Waals surface area (Å²) in [5.41, 5.74) is 2.55. The van der Waals surface area contributed by atoms with Gasteiger partial charge in [0.05, 0.1) is 22.6 Å². The molecule has 2 aromatic heterocycles. The topological polar surface area (TPSA) is 56.0 Å². The third-order valence-electron chi connectivity index (χ3n) is 3.45. The summed E-state index contributed by atoms with van der Waals surface area (Å²) < 4.78 is 4.39. The predicted molar refractivity (Wildman–Crippen MR) is 90.3 cm³/mol. The minimum atomic E-state index is -0.0259. The van der Waals surface area contributed by atoms with E-state index in [2.05, 4.69) is 26.1 Å². The van der Waals surface area contributed by atoms with Crippen LogP contribution in [-0.2, 0) is 13.6 Å². The van der Waals surface area contributed by atoms with E-state index in [1.165, 1.54) is 0 Å². The number of amides is 1. The number of aromatic nitrogens is 4. The summed E-state index contributed by atoms with van der Waals surface area (Å²) in [7, 11) is 3.64. The minimum Gasteiger partial charge on any atom is -0.337 e. The second kappa shape index (κ2) is 6.37. The van der Waals surface area contributed by atoms with Gasteiger partial charge < -0.3 is 4.90 Å². The Morgan fingerprint density at radius 1 is 1.17 bits per heavy atom. The average Bonchev–Trinajstić information content (AvgIpc) is 3.15. The smallest absolute Gasteiger partial charge is 0.253 e. The van der Waals surface area contributed by atoms with Gasteiger partial charge in [0.2, 0.25) is 0 Å². The van der Waals surface area contributed by atoms with Crippen LogP contribution in [0.5, 0.6) is 0 Å². The molecule has 0 unspecified atom stereocenters. The zero-order valence-corrected chi connectivity index (χ0v) is 14.4. The molecule has 0 saturated carbocycles. The summed E-state index contributed by atoms with van der Waals surface area (Å²) in [6.45, 7) is 0.528. The normalized spacial score (nSPS) is 10.7. The van der Waals surface area contributed by atoms with Crippen LogP contribution in [0, 0.1) is 0 Å². The van der Waals surface area contributed by atoms with Crippen LogP contribution in [-0.4, -0.2) is 37.4 Å². The minimum absolute atomic E-state index is 0.0259. The Morgan fingerprint density at radius 2 is 1.91 bits per heavy atom. The van der Waals surface area contributed by atoms with Crippen LogP contribution in [0.15, 0.2) is 53.5 Å². The van der Waals surface area contributed by atoms with E-state index >= 15 is 0 Å². The van der Waals surface area contributed by atoms with E-state index in [9.17, 15) is 4.79 Å². The number of nitrogens with zero attached hydrogens (tertiary/aromatic N) is 5. The SMILES string of the molecule is CN(Cc1cnn(C)c1)C(=O)c1ccc(-n2cc(Br)cn2)cc1. The molecule has 0 aliphatic carbocycles. The number of carbonyl (C=O) groups excluding carboxylic acids is 1. The summed E-state index contributed by atoms with van der Waals surface area (Å²) in [6, 6.07) is 7.38. The molecular formula is C16H16BrN5O. The van der Waals surface area contributed by atoms with E-state index in [0.717, 1.165) is 15.7 Å². The molecule has 0 radical (unpaired) electrons. The number of halogens is 1. The highest BCUT2D eigenvalue weighted by atomic mass is 79.9. The maximum absolute atomic E-state index is 12.5. The zero-order valence-electron chi connectivity index (χ0n) is 12.8. The Balaban J connectivity index is 1.72. The lowest BCUT2D eigenvalue weighted by Gasteiger charge is -2.16. The molecule has 1 aromatic carbocycles. The number of rotatable bonds is 4. The maximum atomic E-state index is 12.5. The van der Waals surface area contributed by atoms with Gasteiger partial charge in [0.1, 0.15) is 0 Å². The first-order valence-corrected chi connectivity index (χ1v) is 7.86. The molecule has 3 aromatic rings. The Hall–Kier alpha value is -2.41. The molecule has 23 heavy (non-hydrogen) atoms. The largest absolute Gasteiger partial charge is 0.337 e. The van der Waals surface area contributed by atoms with Gasteiger partial charge in [-0.1, -0.05) is 0 Å². The number of benzene rings is 1. The molecule has 7 heteroatoms. The van der Waals surface area contributed by atoms with Crippen molar-refractivity contribution in [1.82, 2.24) is 24.5 Å². The monoisotopic (exact) mass is 373 g/mol. The standard InChI is InChI=1S/C16H16BrN5O/c1-20(9-12-7-18-21(2)10-12)16(23)13-3-5-15(6-4-13)22-11-14(17)8-19-22/h3-8,10-11H,9H2,1-2H3. The van der Waals surface area contributed by atoms with Gasteiger partial charge in [-0.2, -0.15) is 10.2 Å². The fourth-order valence-corrected chi connectivity index (χ4v) is 2.60. The van der Waals surface area contributed by atoms with E-state index in [0.29, 0.717) is 12.1 Å². The van der Waals surface area contributed by atoms with Crippen molar-refractivity contribution in [1.29, 1.82) is 0 Å². The molecule has 0 aliphatic heterocycles. The van der Waals surface area contributed by atoms with Crippen molar-refractivity contribution in [2.45, 2.75) is 6.54 Å². The van der Waals surface area contributed by atoms with Crippen LogP contribution < -0.4 is 0 Å². The molecule has 2 heterocycles. The lowest BCUT2D eigenvalue weighted by Crippen LogP contribution is -2.26. The molecule has 0 saturated heterocycles. The third kappa shape index (κ3) is 3.50. The van der Waals surface area contributed by atoms with Crippen molar-refractivity contribution in [3.63, 3.8) is 0 Å². The van der Waals surface area contributed by atoms with Gasteiger partial charge in [-0.15, -0.1) is 0 Å². The second-order valence-electron chi connectivity index (χ2n) is 5.33. The average molecular weight is 374 g/mol. The predicted octanol–water partition coefficient (Wildman–Crippen LogP) is 2.64. The van der Waals surface area contributed by atoms with Gasteiger partial charge in [0.25, 0.3) is 5.91 Å². The van der Waals surface area contributed by atoms with Gasteiger partial charge in [-0.3, -0.25) is 9.48 Å². The molecule has 0 bridgehead atoms. The van der Waals surface area contributed by atoms with E-state index in [1.54, 1.807) is 33.7 Å². The summed E-state index contributed by atoms with van der Waals surface area (Å²) in [5.74, 6) is -0.0259. The first kappa shape index (κ1) is 15.5. The first-order chi connectivity index (χ1) is 11.0. The Bertz CT molecular complexity index is 821. The van der Waals surface area contributed by atoms with Crippen molar-refractivity contribution in [2.75, 3.05) is 7.05 Å². The summed E-state index contributed by atoms with van der Waals surface area (Å²) >= 11 is 3.37. The fraction of sp³-hybridized carbons (Fsp3) is 0.188. The number of hydrogen-bond donors (Lipinski definition) is 0. The third-order valence-corrected chi connectivity index (χ3v) is 3.86. The first-order valence-electron chi connectivity index (χ1n) is 7.06. The number of carbonyl (C=O) groups is 1. The van der Waals surface area contributed by atoms with Crippen molar-refractivity contribution < 1.29 is 4.79 Å². The van der Waals surface area contributed by atoms with Crippen LogP contribution >= 0.6 is 15.9 Å². The molecular weight excluding hydrogens is 358 g/mol. The van der Waals surface area contributed by atoms with Crippen molar-refractivity contribution >= 4 is 21.8 Å². The molecule has 1 amide bonds. The summed E-state index contributed by atoms with van der Waals surface area (Å²) in [5, 5.41) is 8.33. The van der Waals surface area contributed by atoms with E-state index in [1.807, 2.05) is 43.7 Å². The van der Waals surface area contributed by atoms with Crippen LogP contribution in [0.3, 0.4) is 0 Å². The number of hydrogen-bond acceptors (Lipinski definition) is 3. The van der Waals surface area contributed by atoms with Gasteiger partial charge in [0, 0.05) is 44.2 Å². The lowest BCUT2D eigenvalue weighted by molar-refractivity contribution is 0.0785. The van der Waals surface area contributed by atoms with Gasteiger partial charge in [-0.25, -0.2) is 4.68 Å². The molecule has 0 fully saturated rings. The van der Waals surface area contributed by atoms with Crippen LogP contribution in [0.4, 0.5) is 0 Å². The zero-order chi connectivity index (χ0) is 16.4. The second-order valence-corrected chi connectivity index (χ2v) is 6.25. The van der Waals surface area contributed by atoms with E-state index in [-0.39, 0.29) is 5.91 Å². The molecule has 0 N–H and O–H groups in total. The highest BCUT2D eigenvalue weighted by Gasteiger charge is 2.13. The maximum Gasteiger partial charge on any atom is 0.253 e. The van der Waals surface area contributed by atoms with E-state index in [4.69, 9.17) is 0 Å². The Kier molecular flexibility index (Phi) is 4.29. The highest BCUT2D eigenvalue weighted by molar-refractivity contribution is 9.10. The quantitative estimate of drug-likeness (QED) is 0.706. The van der Waals surface area contributed by atoms with Crippen molar-refractivity contribution in [2.24, 2.45) is 7.05 Å².